The molecule has 0 N–H and O–H groups in total. The summed E-state index contributed by atoms with van der Waals surface area (Å²) in [5.41, 5.74) is 3.05. The zero-order valence-corrected chi connectivity index (χ0v) is 17.5. The lowest BCUT2D eigenvalue weighted by molar-refractivity contribution is 0.259. The molecule has 0 spiro atoms. The van der Waals surface area contributed by atoms with Crippen molar-refractivity contribution in [2.45, 2.75) is 84.5 Å². The van der Waals surface area contributed by atoms with Crippen LogP contribution >= 0.6 is 0 Å². The van der Waals surface area contributed by atoms with Gasteiger partial charge in [-0.15, -0.1) is 0 Å². The lowest BCUT2D eigenvalue weighted by Crippen LogP contribution is -2.30. The summed E-state index contributed by atoms with van der Waals surface area (Å²) in [6.07, 6.45) is 14.9. The molecule has 2 nitrogen and oxygen atoms in total. The molecule has 1 aromatic carbocycles. The van der Waals surface area contributed by atoms with Crippen molar-refractivity contribution in [2.24, 2.45) is 0 Å². The Labute approximate surface area is 163 Å². The van der Waals surface area contributed by atoms with Gasteiger partial charge in [-0.2, -0.15) is 0 Å². The number of rotatable bonds is 14. The van der Waals surface area contributed by atoms with Gasteiger partial charge in [-0.05, 0) is 69.8 Å². The molecule has 0 bridgehead atoms. The molecule has 26 heavy (non-hydrogen) atoms. The summed E-state index contributed by atoms with van der Waals surface area (Å²) in [7, 11) is 0. The number of benzene rings is 1. The number of fused-ring (bicyclic) bond motifs is 1. The van der Waals surface area contributed by atoms with Crippen LogP contribution in [0.5, 0.6) is 0 Å². The number of anilines is 1. The van der Waals surface area contributed by atoms with Crippen LogP contribution in [0.1, 0.15) is 83.6 Å². The molecule has 1 aromatic rings. The Hall–Kier alpha value is -1.02. The number of hydrogen-bond acceptors (Lipinski definition) is 2. The second-order valence-corrected chi connectivity index (χ2v) is 8.04. The molecule has 1 aliphatic heterocycles. The van der Waals surface area contributed by atoms with Gasteiger partial charge in [0.15, 0.2) is 0 Å². The average molecular weight is 359 g/mol. The highest BCUT2D eigenvalue weighted by Gasteiger charge is 2.15. The van der Waals surface area contributed by atoms with E-state index in [1.165, 1.54) is 109 Å². The molecule has 1 heterocycles. The Kier molecular flexibility index (Phi) is 10.8. The van der Waals surface area contributed by atoms with Gasteiger partial charge < -0.3 is 9.80 Å². The highest BCUT2D eigenvalue weighted by Crippen LogP contribution is 2.26. The number of hydrogen-bond donors (Lipinski definition) is 0. The Morgan fingerprint density at radius 1 is 0.808 bits per heavy atom. The van der Waals surface area contributed by atoms with Gasteiger partial charge in [0.2, 0.25) is 0 Å². The van der Waals surface area contributed by atoms with Crippen LogP contribution in [-0.4, -0.2) is 37.6 Å². The van der Waals surface area contributed by atoms with E-state index in [0.29, 0.717) is 0 Å². The molecule has 0 aromatic heterocycles. The summed E-state index contributed by atoms with van der Waals surface area (Å²) in [6.45, 7) is 11.0. The van der Waals surface area contributed by atoms with Crippen molar-refractivity contribution in [3.63, 3.8) is 0 Å². The lowest BCUT2D eigenvalue weighted by atomic mass is 10.0. The van der Waals surface area contributed by atoms with Crippen LogP contribution in [0.4, 0.5) is 5.69 Å². The van der Waals surface area contributed by atoms with E-state index >= 15 is 0 Å². The van der Waals surface area contributed by atoms with Crippen LogP contribution in [0, 0.1) is 0 Å². The number of aryl methyl sites for hydroxylation is 1. The Morgan fingerprint density at radius 2 is 1.46 bits per heavy atom. The first-order chi connectivity index (χ1) is 12.8. The molecule has 2 heteroatoms. The molecule has 0 amide bonds. The predicted molar refractivity (Wildman–Crippen MR) is 116 cm³/mol. The van der Waals surface area contributed by atoms with Crippen LogP contribution in [0.15, 0.2) is 24.3 Å². The van der Waals surface area contributed by atoms with Crippen LogP contribution in [0.3, 0.4) is 0 Å². The van der Waals surface area contributed by atoms with E-state index in [9.17, 15) is 0 Å². The summed E-state index contributed by atoms with van der Waals surface area (Å²) in [5.74, 6) is 0. The standard InChI is InChI=1S/C24H42N2/c1-3-5-18-25(19-6-4-2)20-12-8-7-9-13-21-26-22-14-16-23-15-10-11-17-24(23)26/h10-11,15,17H,3-9,12-14,16,18-22H2,1-2H3. The van der Waals surface area contributed by atoms with Crippen molar-refractivity contribution in [3.05, 3.63) is 29.8 Å². The zero-order chi connectivity index (χ0) is 18.5. The fourth-order valence-electron chi connectivity index (χ4n) is 4.11. The highest BCUT2D eigenvalue weighted by molar-refractivity contribution is 5.55. The maximum absolute atomic E-state index is 2.71. The van der Waals surface area contributed by atoms with E-state index in [2.05, 4.69) is 47.9 Å². The largest absolute Gasteiger partial charge is 0.371 e. The third-order valence-corrected chi connectivity index (χ3v) is 5.76. The first-order valence-corrected chi connectivity index (χ1v) is 11.4. The van der Waals surface area contributed by atoms with E-state index < -0.39 is 0 Å². The first-order valence-electron chi connectivity index (χ1n) is 11.4. The van der Waals surface area contributed by atoms with Crippen molar-refractivity contribution in [1.82, 2.24) is 4.90 Å². The van der Waals surface area contributed by atoms with Gasteiger partial charge in [0.25, 0.3) is 0 Å². The summed E-state index contributed by atoms with van der Waals surface area (Å²) in [4.78, 5) is 5.33. The summed E-state index contributed by atoms with van der Waals surface area (Å²) < 4.78 is 0. The fourth-order valence-corrected chi connectivity index (χ4v) is 4.11. The molecule has 0 radical (unpaired) electrons. The Balaban J connectivity index is 1.55. The molecule has 1 aliphatic rings. The molecule has 0 fully saturated rings. The topological polar surface area (TPSA) is 6.48 Å². The average Bonchev–Trinajstić information content (AvgIpc) is 2.68. The van der Waals surface area contributed by atoms with Crippen molar-refractivity contribution >= 4 is 5.69 Å². The molecule has 0 saturated heterocycles. The lowest BCUT2D eigenvalue weighted by Gasteiger charge is -2.31. The molecule has 2 rings (SSSR count). The van der Waals surface area contributed by atoms with Gasteiger partial charge in [0, 0.05) is 18.8 Å². The van der Waals surface area contributed by atoms with Crippen molar-refractivity contribution in [1.29, 1.82) is 0 Å². The SMILES string of the molecule is CCCCN(CCCC)CCCCCCCN1CCCc2ccccc21. The maximum atomic E-state index is 2.71. The van der Waals surface area contributed by atoms with Gasteiger partial charge in [0.1, 0.15) is 0 Å². The number of para-hydroxylation sites is 1. The molecule has 148 valence electrons. The van der Waals surface area contributed by atoms with Gasteiger partial charge in [-0.1, -0.05) is 64.2 Å². The summed E-state index contributed by atoms with van der Waals surface area (Å²) >= 11 is 0. The summed E-state index contributed by atoms with van der Waals surface area (Å²) in [5, 5.41) is 0. The normalized spacial score (nSPS) is 14.0. The summed E-state index contributed by atoms with van der Waals surface area (Å²) in [6, 6.07) is 9.01. The second kappa shape index (κ2) is 13.2. The monoisotopic (exact) mass is 358 g/mol. The van der Waals surface area contributed by atoms with Crippen molar-refractivity contribution in [3.8, 4) is 0 Å². The zero-order valence-electron chi connectivity index (χ0n) is 17.5. The number of unbranched alkanes of at least 4 members (excludes halogenated alkanes) is 6. The smallest absolute Gasteiger partial charge is 0.0398 e. The van der Waals surface area contributed by atoms with Gasteiger partial charge >= 0.3 is 0 Å². The van der Waals surface area contributed by atoms with Gasteiger partial charge in [-0.25, -0.2) is 0 Å². The molecule has 0 atom stereocenters. The predicted octanol–water partition coefficient (Wildman–Crippen LogP) is 6.29. The van der Waals surface area contributed by atoms with E-state index in [1.807, 2.05) is 0 Å². The van der Waals surface area contributed by atoms with Crippen LogP contribution in [0.2, 0.25) is 0 Å². The van der Waals surface area contributed by atoms with Crippen LogP contribution in [-0.2, 0) is 6.42 Å². The van der Waals surface area contributed by atoms with Crippen molar-refractivity contribution in [2.75, 3.05) is 37.6 Å². The minimum absolute atomic E-state index is 1.25. The maximum Gasteiger partial charge on any atom is 0.0398 e. The van der Waals surface area contributed by atoms with Crippen LogP contribution < -0.4 is 4.90 Å². The third kappa shape index (κ3) is 7.70. The Bertz CT molecular complexity index is 463. The molecular formula is C24H42N2. The minimum atomic E-state index is 1.25. The quantitative estimate of drug-likeness (QED) is 0.360. The minimum Gasteiger partial charge on any atom is -0.371 e. The fraction of sp³-hybridized carbons (Fsp3) is 0.750. The van der Waals surface area contributed by atoms with E-state index in [1.54, 1.807) is 5.56 Å². The van der Waals surface area contributed by atoms with Gasteiger partial charge in [-0.3, -0.25) is 0 Å². The number of nitrogens with zero attached hydrogens (tertiary/aromatic N) is 2. The Morgan fingerprint density at radius 3 is 2.23 bits per heavy atom. The second-order valence-electron chi connectivity index (χ2n) is 8.04. The molecule has 0 unspecified atom stereocenters. The third-order valence-electron chi connectivity index (χ3n) is 5.76. The first kappa shape index (κ1) is 21.3. The van der Waals surface area contributed by atoms with Crippen LogP contribution in [0.25, 0.3) is 0 Å². The van der Waals surface area contributed by atoms with Gasteiger partial charge in [0.05, 0.1) is 0 Å². The van der Waals surface area contributed by atoms with E-state index in [-0.39, 0.29) is 0 Å². The molecule has 0 aliphatic carbocycles. The van der Waals surface area contributed by atoms with Crippen molar-refractivity contribution < 1.29 is 0 Å². The molecular weight excluding hydrogens is 316 g/mol. The van der Waals surface area contributed by atoms with E-state index in [0.717, 1.165) is 0 Å². The van der Waals surface area contributed by atoms with E-state index in [4.69, 9.17) is 0 Å². The highest BCUT2D eigenvalue weighted by atomic mass is 15.1. The molecule has 0 saturated carbocycles.